The van der Waals surface area contributed by atoms with Crippen molar-refractivity contribution in [3.05, 3.63) is 63.6 Å². The molecule has 0 radical (unpaired) electrons. The van der Waals surface area contributed by atoms with Gasteiger partial charge in [-0.05, 0) is 55.3 Å². The summed E-state index contributed by atoms with van der Waals surface area (Å²) in [5, 5.41) is 3.25. The molecule has 0 saturated carbocycles. The highest BCUT2D eigenvalue weighted by molar-refractivity contribution is 6.36. The lowest BCUT2D eigenvalue weighted by Gasteiger charge is -2.31. The average molecular weight is 449 g/mol. The van der Waals surface area contributed by atoms with Crippen LogP contribution in [0.25, 0.3) is 0 Å². The summed E-state index contributed by atoms with van der Waals surface area (Å²) in [7, 11) is 1.58. The number of amides is 2. The van der Waals surface area contributed by atoms with Gasteiger partial charge in [0.1, 0.15) is 5.75 Å². The molecule has 0 atom stereocenters. The van der Waals surface area contributed by atoms with Gasteiger partial charge in [0, 0.05) is 29.6 Å². The van der Waals surface area contributed by atoms with E-state index in [9.17, 15) is 14.4 Å². The van der Waals surface area contributed by atoms with E-state index in [-0.39, 0.29) is 34.7 Å². The van der Waals surface area contributed by atoms with Crippen LogP contribution >= 0.6 is 23.2 Å². The first-order valence-electron chi connectivity index (χ1n) is 9.58. The van der Waals surface area contributed by atoms with E-state index in [0.717, 1.165) is 0 Å². The number of ketones is 1. The molecule has 3 rings (SSSR count). The molecule has 2 amide bonds. The third-order valence-electron chi connectivity index (χ3n) is 5.17. The SMILES string of the molecule is COc1ccc(C(=O)C2CCN(C(=O)CNC(=O)c3ccc(Cl)cc3Cl)CC2)cc1. The second kappa shape index (κ2) is 9.96. The third-order valence-corrected chi connectivity index (χ3v) is 5.72. The molecule has 6 nitrogen and oxygen atoms in total. The van der Waals surface area contributed by atoms with Crippen LogP contribution in [0, 0.1) is 5.92 Å². The van der Waals surface area contributed by atoms with Crippen molar-refractivity contribution in [2.24, 2.45) is 5.92 Å². The van der Waals surface area contributed by atoms with E-state index in [0.29, 0.717) is 42.3 Å². The molecule has 0 spiro atoms. The highest BCUT2D eigenvalue weighted by Crippen LogP contribution is 2.23. The lowest BCUT2D eigenvalue weighted by molar-refractivity contribution is -0.131. The maximum atomic E-state index is 12.7. The number of carbonyl (C=O) groups is 3. The van der Waals surface area contributed by atoms with Gasteiger partial charge in [-0.15, -0.1) is 0 Å². The number of rotatable bonds is 6. The first-order valence-corrected chi connectivity index (χ1v) is 10.3. The summed E-state index contributed by atoms with van der Waals surface area (Å²) in [5.41, 5.74) is 0.908. The molecule has 1 fully saturated rings. The summed E-state index contributed by atoms with van der Waals surface area (Å²) < 4.78 is 5.12. The number of Topliss-reactive ketones (excluding diaryl/α,β-unsaturated/α-hetero) is 1. The summed E-state index contributed by atoms with van der Waals surface area (Å²) >= 11 is 11.9. The summed E-state index contributed by atoms with van der Waals surface area (Å²) in [6, 6.07) is 11.6. The van der Waals surface area contributed by atoms with Crippen LogP contribution in [0.2, 0.25) is 10.0 Å². The summed E-state index contributed by atoms with van der Waals surface area (Å²) in [4.78, 5) is 39.0. The lowest BCUT2D eigenvalue weighted by Crippen LogP contribution is -2.45. The Morgan fingerprint density at radius 1 is 1.07 bits per heavy atom. The van der Waals surface area contributed by atoms with E-state index in [2.05, 4.69) is 5.32 Å². The number of halogens is 2. The molecule has 0 aromatic heterocycles. The van der Waals surface area contributed by atoms with Crippen LogP contribution in [0.5, 0.6) is 5.75 Å². The molecule has 1 aliphatic rings. The zero-order chi connectivity index (χ0) is 21.7. The molecule has 0 bridgehead atoms. The molecule has 1 saturated heterocycles. The van der Waals surface area contributed by atoms with Crippen LogP contribution in [0.15, 0.2) is 42.5 Å². The normalized spacial score (nSPS) is 14.3. The van der Waals surface area contributed by atoms with Gasteiger partial charge in [0.05, 0.1) is 24.2 Å². The zero-order valence-corrected chi connectivity index (χ0v) is 18.0. The first kappa shape index (κ1) is 22.1. The molecule has 8 heteroatoms. The predicted molar refractivity (Wildman–Crippen MR) is 115 cm³/mol. The number of nitrogens with zero attached hydrogens (tertiary/aromatic N) is 1. The number of ether oxygens (including phenoxy) is 1. The number of hydrogen-bond acceptors (Lipinski definition) is 4. The van der Waals surface area contributed by atoms with E-state index in [1.165, 1.54) is 12.1 Å². The minimum atomic E-state index is -0.436. The number of carbonyl (C=O) groups excluding carboxylic acids is 3. The zero-order valence-electron chi connectivity index (χ0n) is 16.5. The van der Waals surface area contributed by atoms with Gasteiger partial charge in [-0.1, -0.05) is 23.2 Å². The molecule has 0 aliphatic carbocycles. The van der Waals surface area contributed by atoms with Crippen molar-refractivity contribution in [1.82, 2.24) is 10.2 Å². The van der Waals surface area contributed by atoms with Crippen LogP contribution in [0.1, 0.15) is 33.6 Å². The van der Waals surface area contributed by atoms with E-state index >= 15 is 0 Å². The number of methoxy groups -OCH3 is 1. The van der Waals surface area contributed by atoms with Gasteiger partial charge in [0.25, 0.3) is 5.91 Å². The summed E-state index contributed by atoms with van der Waals surface area (Å²) in [6.45, 7) is 0.820. The van der Waals surface area contributed by atoms with Crippen molar-refractivity contribution in [1.29, 1.82) is 0 Å². The minimum absolute atomic E-state index is 0.0791. The Morgan fingerprint density at radius 2 is 1.73 bits per heavy atom. The van der Waals surface area contributed by atoms with Crippen molar-refractivity contribution in [2.75, 3.05) is 26.7 Å². The van der Waals surface area contributed by atoms with E-state index < -0.39 is 5.91 Å². The van der Waals surface area contributed by atoms with Crippen molar-refractivity contribution >= 4 is 40.8 Å². The Labute approximate surface area is 185 Å². The second-order valence-electron chi connectivity index (χ2n) is 7.05. The Balaban J connectivity index is 1.48. The van der Waals surface area contributed by atoms with Crippen LogP contribution < -0.4 is 10.1 Å². The van der Waals surface area contributed by atoms with Gasteiger partial charge in [0.15, 0.2) is 5.78 Å². The van der Waals surface area contributed by atoms with Crippen LogP contribution in [0.3, 0.4) is 0 Å². The molecule has 0 unspecified atom stereocenters. The maximum Gasteiger partial charge on any atom is 0.253 e. The Kier molecular flexibility index (Phi) is 7.34. The Hall–Kier alpha value is -2.57. The molecule has 1 N–H and O–H groups in total. The van der Waals surface area contributed by atoms with Crippen LogP contribution in [-0.2, 0) is 4.79 Å². The van der Waals surface area contributed by atoms with Gasteiger partial charge in [0.2, 0.25) is 5.91 Å². The van der Waals surface area contributed by atoms with Crippen molar-refractivity contribution < 1.29 is 19.1 Å². The number of hydrogen-bond donors (Lipinski definition) is 1. The number of benzene rings is 2. The van der Waals surface area contributed by atoms with Crippen LogP contribution in [0.4, 0.5) is 0 Å². The second-order valence-corrected chi connectivity index (χ2v) is 7.90. The molecular formula is C22H22Cl2N2O4. The maximum absolute atomic E-state index is 12.7. The van der Waals surface area contributed by atoms with Gasteiger partial charge in [-0.3, -0.25) is 14.4 Å². The smallest absolute Gasteiger partial charge is 0.253 e. The fraction of sp³-hybridized carbons (Fsp3) is 0.318. The number of piperidine rings is 1. The monoisotopic (exact) mass is 448 g/mol. The largest absolute Gasteiger partial charge is 0.497 e. The van der Waals surface area contributed by atoms with Gasteiger partial charge >= 0.3 is 0 Å². The van der Waals surface area contributed by atoms with Gasteiger partial charge in [-0.25, -0.2) is 0 Å². The molecular weight excluding hydrogens is 427 g/mol. The third kappa shape index (κ3) is 5.32. The van der Waals surface area contributed by atoms with E-state index in [1.807, 2.05) is 0 Å². The average Bonchev–Trinajstić information content (AvgIpc) is 2.77. The standard InChI is InChI=1S/C22H22Cl2N2O4/c1-30-17-5-2-14(3-6-17)21(28)15-8-10-26(11-9-15)20(27)13-25-22(29)18-7-4-16(23)12-19(18)24/h2-7,12,15H,8-11,13H2,1H3,(H,25,29). The number of nitrogens with one attached hydrogen (secondary N) is 1. The van der Waals surface area contributed by atoms with E-state index in [4.69, 9.17) is 27.9 Å². The van der Waals surface area contributed by atoms with Crippen molar-refractivity contribution in [3.63, 3.8) is 0 Å². The first-order chi connectivity index (χ1) is 14.4. The molecule has 2 aromatic carbocycles. The fourth-order valence-corrected chi connectivity index (χ4v) is 3.91. The Morgan fingerprint density at radius 3 is 2.33 bits per heavy atom. The Bertz CT molecular complexity index is 939. The molecule has 30 heavy (non-hydrogen) atoms. The van der Waals surface area contributed by atoms with Crippen molar-refractivity contribution in [2.45, 2.75) is 12.8 Å². The molecule has 1 heterocycles. The highest BCUT2D eigenvalue weighted by atomic mass is 35.5. The van der Waals surface area contributed by atoms with E-state index in [1.54, 1.807) is 42.3 Å². The lowest BCUT2D eigenvalue weighted by atomic mass is 9.89. The fourth-order valence-electron chi connectivity index (χ4n) is 3.42. The molecule has 1 aliphatic heterocycles. The molecule has 2 aromatic rings. The topological polar surface area (TPSA) is 75.7 Å². The summed E-state index contributed by atoms with van der Waals surface area (Å²) in [5.74, 6) is 0.0348. The van der Waals surface area contributed by atoms with Crippen LogP contribution in [-0.4, -0.2) is 49.2 Å². The predicted octanol–water partition coefficient (Wildman–Crippen LogP) is 3.85. The summed E-state index contributed by atoms with van der Waals surface area (Å²) in [6.07, 6.45) is 1.18. The molecule has 158 valence electrons. The van der Waals surface area contributed by atoms with Crippen molar-refractivity contribution in [3.8, 4) is 5.75 Å². The number of likely N-dealkylation sites (tertiary alicyclic amines) is 1. The van der Waals surface area contributed by atoms with Gasteiger partial charge < -0.3 is 15.0 Å². The quantitative estimate of drug-likeness (QED) is 0.680. The highest BCUT2D eigenvalue weighted by Gasteiger charge is 2.28. The van der Waals surface area contributed by atoms with Gasteiger partial charge in [-0.2, -0.15) is 0 Å². The minimum Gasteiger partial charge on any atom is -0.497 e.